The van der Waals surface area contributed by atoms with Crippen LogP contribution in [0.1, 0.15) is 45.9 Å². The number of rotatable bonds is 6. The Kier molecular flexibility index (Phi) is 6.00. The largest absolute Gasteiger partial charge is 0.368 e. The van der Waals surface area contributed by atoms with E-state index in [9.17, 15) is 0 Å². The lowest BCUT2D eigenvalue weighted by atomic mass is 10.2. The van der Waals surface area contributed by atoms with Gasteiger partial charge in [0.1, 0.15) is 0 Å². The molecule has 118 valence electrons. The van der Waals surface area contributed by atoms with E-state index in [0.717, 1.165) is 44.8 Å². The molecule has 1 aliphatic rings. The highest BCUT2D eigenvalue weighted by Gasteiger charge is 2.19. The fraction of sp³-hybridized carbons (Fsp3) is 0.706. The van der Waals surface area contributed by atoms with Gasteiger partial charge in [-0.15, -0.1) is 0 Å². The molecule has 0 amide bonds. The number of hydrogen-bond donors (Lipinski definition) is 1. The van der Waals surface area contributed by atoms with Crippen LogP contribution >= 0.6 is 0 Å². The molecule has 1 atom stereocenters. The van der Waals surface area contributed by atoms with Crippen LogP contribution in [-0.4, -0.2) is 48.6 Å². The molecule has 0 aromatic carbocycles. The Bertz CT molecular complexity index is 407. The summed E-state index contributed by atoms with van der Waals surface area (Å²) in [6.45, 7) is 14.5. The highest BCUT2D eigenvalue weighted by atomic mass is 15.3. The smallest absolute Gasteiger partial charge is 0.0572 e. The van der Waals surface area contributed by atoms with Crippen molar-refractivity contribution >= 4 is 5.69 Å². The number of nitrogens with one attached hydrogen (secondary N) is 1. The van der Waals surface area contributed by atoms with E-state index in [4.69, 9.17) is 0 Å². The van der Waals surface area contributed by atoms with Gasteiger partial charge in [0.15, 0.2) is 0 Å². The maximum absolute atomic E-state index is 4.64. The summed E-state index contributed by atoms with van der Waals surface area (Å²) in [5, 5.41) is 3.48. The van der Waals surface area contributed by atoms with Gasteiger partial charge < -0.3 is 10.2 Å². The van der Waals surface area contributed by atoms with Gasteiger partial charge in [-0.25, -0.2) is 0 Å². The van der Waals surface area contributed by atoms with Crippen molar-refractivity contribution in [3.63, 3.8) is 0 Å². The fourth-order valence-corrected chi connectivity index (χ4v) is 2.80. The summed E-state index contributed by atoms with van der Waals surface area (Å²) in [5.41, 5.74) is 2.39. The zero-order valence-electron chi connectivity index (χ0n) is 14.0. The standard InChI is InChI=1S/C17H30N4/c1-5-8-18-15(4)17-7-6-16(13-19-17)21-11-9-20(10-12-21)14(2)3/h6-7,13-15,18H,5,8-12H2,1-4H3. The summed E-state index contributed by atoms with van der Waals surface area (Å²) < 4.78 is 0. The van der Waals surface area contributed by atoms with Gasteiger partial charge in [-0.05, 0) is 45.9 Å². The average Bonchev–Trinajstić information content (AvgIpc) is 2.53. The van der Waals surface area contributed by atoms with E-state index in [1.165, 1.54) is 5.69 Å². The maximum atomic E-state index is 4.64. The molecule has 1 N–H and O–H groups in total. The van der Waals surface area contributed by atoms with Crippen molar-refractivity contribution < 1.29 is 0 Å². The molecular weight excluding hydrogens is 260 g/mol. The number of nitrogens with zero attached hydrogens (tertiary/aromatic N) is 3. The summed E-state index contributed by atoms with van der Waals surface area (Å²) in [4.78, 5) is 9.62. The highest BCUT2D eigenvalue weighted by molar-refractivity contribution is 5.45. The molecule has 0 spiro atoms. The monoisotopic (exact) mass is 290 g/mol. The molecule has 1 aromatic rings. The van der Waals surface area contributed by atoms with Gasteiger partial charge in [0.25, 0.3) is 0 Å². The third-order valence-electron chi connectivity index (χ3n) is 4.32. The van der Waals surface area contributed by atoms with E-state index in [2.05, 4.69) is 59.9 Å². The summed E-state index contributed by atoms with van der Waals surface area (Å²) in [6.07, 6.45) is 3.19. The van der Waals surface area contributed by atoms with Crippen molar-refractivity contribution in [2.45, 2.75) is 46.2 Å². The quantitative estimate of drug-likeness (QED) is 0.873. The second-order valence-corrected chi connectivity index (χ2v) is 6.23. The molecule has 1 aromatic heterocycles. The molecule has 1 unspecified atom stereocenters. The lowest BCUT2D eigenvalue weighted by molar-refractivity contribution is 0.209. The zero-order chi connectivity index (χ0) is 15.2. The van der Waals surface area contributed by atoms with Crippen LogP contribution in [0.4, 0.5) is 5.69 Å². The van der Waals surface area contributed by atoms with E-state index < -0.39 is 0 Å². The second kappa shape index (κ2) is 7.76. The normalized spacial score (nSPS) is 18.2. The van der Waals surface area contributed by atoms with Crippen molar-refractivity contribution in [3.05, 3.63) is 24.0 Å². The molecule has 1 aliphatic heterocycles. The Balaban J connectivity index is 1.91. The van der Waals surface area contributed by atoms with Crippen molar-refractivity contribution in [2.24, 2.45) is 0 Å². The molecule has 21 heavy (non-hydrogen) atoms. The Labute approximate surface area is 129 Å². The van der Waals surface area contributed by atoms with Crippen molar-refractivity contribution in [1.29, 1.82) is 0 Å². The van der Waals surface area contributed by atoms with Crippen LogP contribution in [0, 0.1) is 0 Å². The number of piperazine rings is 1. The number of hydrogen-bond acceptors (Lipinski definition) is 4. The lowest BCUT2D eigenvalue weighted by Gasteiger charge is -2.38. The van der Waals surface area contributed by atoms with Gasteiger partial charge in [-0.3, -0.25) is 9.88 Å². The molecule has 0 aliphatic carbocycles. The molecule has 0 bridgehead atoms. The first kappa shape index (κ1) is 16.2. The molecular formula is C17H30N4. The van der Waals surface area contributed by atoms with Crippen LogP contribution in [0.15, 0.2) is 18.3 Å². The predicted octanol–water partition coefficient (Wildman–Crippen LogP) is 2.67. The number of aromatic nitrogens is 1. The zero-order valence-corrected chi connectivity index (χ0v) is 14.0. The van der Waals surface area contributed by atoms with Crippen molar-refractivity contribution in [2.75, 3.05) is 37.6 Å². The molecule has 4 nitrogen and oxygen atoms in total. The molecule has 4 heteroatoms. The highest BCUT2D eigenvalue weighted by Crippen LogP contribution is 2.18. The minimum atomic E-state index is 0.330. The van der Waals surface area contributed by atoms with Crippen LogP contribution in [0.3, 0.4) is 0 Å². The SMILES string of the molecule is CCCNC(C)c1ccc(N2CCN(C(C)C)CC2)cn1. The second-order valence-electron chi connectivity index (χ2n) is 6.23. The van der Waals surface area contributed by atoms with Crippen molar-refractivity contribution in [1.82, 2.24) is 15.2 Å². The first-order valence-corrected chi connectivity index (χ1v) is 8.30. The van der Waals surface area contributed by atoms with Crippen LogP contribution in [0.2, 0.25) is 0 Å². The Morgan fingerprint density at radius 3 is 2.38 bits per heavy atom. The molecule has 2 heterocycles. The van der Waals surface area contributed by atoms with E-state index in [1.807, 2.05) is 6.20 Å². The van der Waals surface area contributed by atoms with E-state index in [1.54, 1.807) is 0 Å². The molecule has 0 radical (unpaired) electrons. The van der Waals surface area contributed by atoms with Crippen LogP contribution in [-0.2, 0) is 0 Å². The van der Waals surface area contributed by atoms with E-state index in [0.29, 0.717) is 12.1 Å². The van der Waals surface area contributed by atoms with Crippen LogP contribution in [0.5, 0.6) is 0 Å². The third-order valence-corrected chi connectivity index (χ3v) is 4.32. The first-order chi connectivity index (χ1) is 10.1. The van der Waals surface area contributed by atoms with Crippen LogP contribution in [0.25, 0.3) is 0 Å². The fourth-order valence-electron chi connectivity index (χ4n) is 2.80. The van der Waals surface area contributed by atoms with Crippen LogP contribution < -0.4 is 10.2 Å². The average molecular weight is 290 g/mol. The van der Waals surface area contributed by atoms with E-state index >= 15 is 0 Å². The summed E-state index contributed by atoms with van der Waals surface area (Å²) in [6, 6.07) is 5.37. The maximum Gasteiger partial charge on any atom is 0.0572 e. The number of anilines is 1. The Morgan fingerprint density at radius 2 is 1.86 bits per heavy atom. The summed E-state index contributed by atoms with van der Waals surface area (Å²) in [7, 11) is 0. The molecule has 1 saturated heterocycles. The van der Waals surface area contributed by atoms with Gasteiger partial charge >= 0.3 is 0 Å². The topological polar surface area (TPSA) is 31.4 Å². The summed E-state index contributed by atoms with van der Waals surface area (Å²) >= 11 is 0. The number of pyridine rings is 1. The van der Waals surface area contributed by atoms with Gasteiger partial charge in [0.05, 0.1) is 17.6 Å². The first-order valence-electron chi connectivity index (χ1n) is 8.30. The van der Waals surface area contributed by atoms with Gasteiger partial charge in [-0.1, -0.05) is 6.92 Å². The van der Waals surface area contributed by atoms with Crippen molar-refractivity contribution in [3.8, 4) is 0 Å². The predicted molar refractivity (Wildman–Crippen MR) is 89.9 cm³/mol. The molecule has 1 fully saturated rings. The molecule has 0 saturated carbocycles. The van der Waals surface area contributed by atoms with E-state index in [-0.39, 0.29) is 0 Å². The summed E-state index contributed by atoms with van der Waals surface area (Å²) in [5.74, 6) is 0. The minimum Gasteiger partial charge on any atom is -0.368 e. The lowest BCUT2D eigenvalue weighted by Crippen LogP contribution is -2.48. The molecule has 2 rings (SSSR count). The van der Waals surface area contributed by atoms with Gasteiger partial charge in [0.2, 0.25) is 0 Å². The van der Waals surface area contributed by atoms with Gasteiger partial charge in [-0.2, -0.15) is 0 Å². The Morgan fingerprint density at radius 1 is 1.14 bits per heavy atom. The third kappa shape index (κ3) is 4.42. The Hall–Kier alpha value is -1.13. The minimum absolute atomic E-state index is 0.330. The van der Waals surface area contributed by atoms with Gasteiger partial charge in [0, 0.05) is 38.3 Å².